The van der Waals surface area contributed by atoms with Gasteiger partial charge in [-0.1, -0.05) is 18.2 Å². The number of aromatic nitrogens is 1. The molecule has 0 unspecified atom stereocenters. The number of H-pyrrole nitrogens is 1. The highest BCUT2D eigenvalue weighted by Crippen LogP contribution is 2.18. The summed E-state index contributed by atoms with van der Waals surface area (Å²) >= 11 is 0. The van der Waals surface area contributed by atoms with Crippen LogP contribution in [0.5, 0.6) is 0 Å². The predicted octanol–water partition coefficient (Wildman–Crippen LogP) is 2.21. The summed E-state index contributed by atoms with van der Waals surface area (Å²) in [6, 6.07) is 9.86. The molecule has 0 aliphatic rings. The van der Waals surface area contributed by atoms with Gasteiger partial charge in [0.1, 0.15) is 0 Å². The molecule has 1 aromatic heterocycles. The van der Waals surface area contributed by atoms with Crippen molar-refractivity contribution in [2.45, 2.75) is 6.42 Å². The zero-order valence-electron chi connectivity index (χ0n) is 12.1. The van der Waals surface area contributed by atoms with Gasteiger partial charge in [0, 0.05) is 49.3 Å². The number of ether oxygens (including phenoxy) is 1. The lowest BCUT2D eigenvalue weighted by Gasteiger charge is -2.19. The van der Waals surface area contributed by atoms with E-state index in [4.69, 9.17) is 10.00 Å². The molecular weight excluding hydrogens is 266 g/mol. The molecule has 5 heteroatoms. The number of rotatable bonds is 8. The minimum atomic E-state index is 0.0569. The van der Waals surface area contributed by atoms with Crippen LogP contribution in [0.4, 0.5) is 0 Å². The minimum Gasteiger partial charge on any atom is -0.383 e. The first-order valence-electron chi connectivity index (χ1n) is 6.94. The number of carbonyl (C=O) groups is 1. The molecule has 21 heavy (non-hydrogen) atoms. The summed E-state index contributed by atoms with van der Waals surface area (Å²) in [5.41, 5.74) is 1.66. The quantitative estimate of drug-likeness (QED) is 0.755. The van der Waals surface area contributed by atoms with Crippen LogP contribution >= 0.6 is 0 Å². The molecule has 110 valence electrons. The van der Waals surface area contributed by atoms with Crippen LogP contribution in [0.1, 0.15) is 16.8 Å². The van der Waals surface area contributed by atoms with Crippen LogP contribution in [0.15, 0.2) is 30.5 Å². The van der Waals surface area contributed by atoms with Crippen LogP contribution < -0.4 is 0 Å². The third-order valence-electron chi connectivity index (χ3n) is 3.41. The lowest BCUT2D eigenvalue weighted by molar-refractivity contribution is 0.0900. The fraction of sp³-hybridized carbons (Fsp3) is 0.375. The van der Waals surface area contributed by atoms with Crippen molar-refractivity contribution in [3.63, 3.8) is 0 Å². The second kappa shape index (κ2) is 7.58. The lowest BCUT2D eigenvalue weighted by Crippen LogP contribution is -2.33. The molecule has 0 radical (unpaired) electrons. The first-order chi connectivity index (χ1) is 10.3. The van der Waals surface area contributed by atoms with Gasteiger partial charge in [0.05, 0.1) is 19.2 Å². The van der Waals surface area contributed by atoms with Gasteiger partial charge in [-0.05, 0) is 6.07 Å². The molecule has 0 aliphatic heterocycles. The Morgan fingerprint density at radius 2 is 2.19 bits per heavy atom. The van der Waals surface area contributed by atoms with Crippen molar-refractivity contribution >= 4 is 16.7 Å². The number of nitrogens with one attached hydrogen (secondary N) is 1. The number of hydrogen-bond donors (Lipinski definition) is 1. The molecule has 0 spiro atoms. The van der Waals surface area contributed by atoms with Crippen LogP contribution in [0.25, 0.3) is 10.9 Å². The maximum Gasteiger partial charge on any atom is 0.178 e. The van der Waals surface area contributed by atoms with E-state index < -0.39 is 0 Å². The number of para-hydroxylation sites is 1. The number of nitrogens with zero attached hydrogens (tertiary/aromatic N) is 2. The molecule has 0 fully saturated rings. The van der Waals surface area contributed by atoms with Gasteiger partial charge in [0.2, 0.25) is 0 Å². The van der Waals surface area contributed by atoms with Crippen molar-refractivity contribution in [1.82, 2.24) is 9.88 Å². The van der Waals surface area contributed by atoms with Crippen LogP contribution in [-0.4, -0.2) is 49.0 Å². The summed E-state index contributed by atoms with van der Waals surface area (Å²) in [7, 11) is 1.63. The third kappa shape index (κ3) is 3.91. The highest BCUT2D eigenvalue weighted by atomic mass is 16.5. The highest BCUT2D eigenvalue weighted by Gasteiger charge is 2.15. The normalized spacial score (nSPS) is 10.9. The Labute approximate surface area is 124 Å². The molecular formula is C16H19N3O2. The number of Topliss-reactive ketones (excluding diaryl/α,β-unsaturated/α-hetero) is 1. The van der Waals surface area contributed by atoms with E-state index in [1.54, 1.807) is 13.3 Å². The van der Waals surface area contributed by atoms with Crippen LogP contribution in [0.3, 0.4) is 0 Å². The molecule has 2 rings (SSSR count). The van der Waals surface area contributed by atoms with E-state index in [0.717, 1.165) is 10.9 Å². The van der Waals surface area contributed by atoms with E-state index in [1.807, 2.05) is 29.2 Å². The number of methoxy groups -OCH3 is 1. The van der Waals surface area contributed by atoms with Crippen LogP contribution in [0.2, 0.25) is 0 Å². The van der Waals surface area contributed by atoms with Gasteiger partial charge in [0.25, 0.3) is 0 Å². The fourth-order valence-electron chi connectivity index (χ4n) is 2.29. The molecule has 2 aromatic rings. The average Bonchev–Trinajstić information content (AvgIpc) is 2.94. The summed E-state index contributed by atoms with van der Waals surface area (Å²) in [6.07, 6.45) is 2.16. The standard InChI is InChI=1S/C16H19N3O2/c1-21-10-9-19(8-4-7-17)12-16(20)14-11-18-15-6-3-2-5-13(14)15/h2-3,5-6,11,18H,4,8-10,12H2,1H3. The van der Waals surface area contributed by atoms with Gasteiger partial charge in [-0.2, -0.15) is 5.26 Å². The Bertz CT molecular complexity index is 642. The van der Waals surface area contributed by atoms with Gasteiger partial charge < -0.3 is 9.72 Å². The Hall–Kier alpha value is -2.16. The monoisotopic (exact) mass is 285 g/mol. The third-order valence-corrected chi connectivity index (χ3v) is 3.41. The topological polar surface area (TPSA) is 69.1 Å². The van der Waals surface area contributed by atoms with Gasteiger partial charge >= 0.3 is 0 Å². The van der Waals surface area contributed by atoms with Crippen molar-refractivity contribution < 1.29 is 9.53 Å². The van der Waals surface area contributed by atoms with E-state index in [9.17, 15) is 4.79 Å². The molecule has 0 bridgehead atoms. The van der Waals surface area contributed by atoms with Gasteiger partial charge in [-0.15, -0.1) is 0 Å². The maximum atomic E-state index is 12.5. The van der Waals surface area contributed by atoms with E-state index in [2.05, 4.69) is 11.1 Å². The van der Waals surface area contributed by atoms with E-state index in [1.165, 1.54) is 0 Å². The Morgan fingerprint density at radius 1 is 1.38 bits per heavy atom. The largest absolute Gasteiger partial charge is 0.383 e. The highest BCUT2D eigenvalue weighted by molar-refractivity contribution is 6.08. The van der Waals surface area contributed by atoms with Crippen molar-refractivity contribution in [2.24, 2.45) is 0 Å². The summed E-state index contributed by atoms with van der Waals surface area (Å²) in [5.74, 6) is 0.0569. The lowest BCUT2D eigenvalue weighted by atomic mass is 10.1. The van der Waals surface area contributed by atoms with Crippen molar-refractivity contribution in [3.8, 4) is 6.07 Å². The maximum absolute atomic E-state index is 12.5. The van der Waals surface area contributed by atoms with Gasteiger partial charge in [-0.25, -0.2) is 0 Å². The molecule has 0 atom stereocenters. The van der Waals surface area contributed by atoms with Crippen molar-refractivity contribution in [2.75, 3.05) is 33.4 Å². The number of aromatic amines is 1. The SMILES string of the molecule is COCCN(CCC#N)CC(=O)c1c[nH]c2ccccc12. The van der Waals surface area contributed by atoms with E-state index >= 15 is 0 Å². The number of carbonyl (C=O) groups excluding carboxylic acids is 1. The van der Waals surface area contributed by atoms with E-state index in [-0.39, 0.29) is 5.78 Å². The van der Waals surface area contributed by atoms with Crippen LogP contribution in [-0.2, 0) is 4.74 Å². The van der Waals surface area contributed by atoms with Crippen molar-refractivity contribution in [1.29, 1.82) is 5.26 Å². The Balaban J connectivity index is 2.09. The van der Waals surface area contributed by atoms with Crippen LogP contribution in [0, 0.1) is 11.3 Å². The summed E-state index contributed by atoms with van der Waals surface area (Å²) in [6.45, 7) is 2.07. The second-order valence-electron chi connectivity index (χ2n) is 4.85. The zero-order chi connectivity index (χ0) is 15.1. The fourth-order valence-corrected chi connectivity index (χ4v) is 2.29. The Kier molecular flexibility index (Phi) is 5.50. The van der Waals surface area contributed by atoms with Gasteiger partial charge in [-0.3, -0.25) is 9.69 Å². The predicted molar refractivity (Wildman–Crippen MR) is 81.2 cm³/mol. The number of benzene rings is 1. The molecule has 0 saturated carbocycles. The number of hydrogen-bond acceptors (Lipinski definition) is 4. The molecule has 0 aliphatic carbocycles. The molecule has 1 aromatic carbocycles. The summed E-state index contributed by atoms with van der Waals surface area (Å²) in [5, 5.41) is 9.64. The number of ketones is 1. The minimum absolute atomic E-state index is 0.0569. The van der Waals surface area contributed by atoms with E-state index in [0.29, 0.717) is 38.2 Å². The first kappa shape index (κ1) is 15.2. The van der Waals surface area contributed by atoms with Gasteiger partial charge in [0.15, 0.2) is 5.78 Å². The number of nitriles is 1. The molecule has 1 heterocycles. The molecule has 5 nitrogen and oxygen atoms in total. The Morgan fingerprint density at radius 3 is 2.95 bits per heavy atom. The number of fused-ring (bicyclic) bond motifs is 1. The smallest absolute Gasteiger partial charge is 0.178 e. The average molecular weight is 285 g/mol. The zero-order valence-corrected chi connectivity index (χ0v) is 12.1. The molecule has 1 N–H and O–H groups in total. The summed E-state index contributed by atoms with van der Waals surface area (Å²) < 4.78 is 5.05. The van der Waals surface area contributed by atoms with Crippen molar-refractivity contribution in [3.05, 3.63) is 36.0 Å². The summed E-state index contributed by atoms with van der Waals surface area (Å²) in [4.78, 5) is 17.5. The molecule has 0 saturated heterocycles. The molecule has 0 amide bonds. The second-order valence-corrected chi connectivity index (χ2v) is 4.85. The first-order valence-corrected chi connectivity index (χ1v) is 6.94.